The van der Waals surface area contributed by atoms with Crippen LogP contribution in [0.15, 0.2) is 0 Å². The minimum absolute atomic E-state index is 0.0806. The minimum atomic E-state index is -0.0806. The lowest BCUT2D eigenvalue weighted by atomic mass is 9.86. The Morgan fingerprint density at radius 3 is 2.38 bits per heavy atom. The third-order valence-corrected chi connectivity index (χ3v) is 3.55. The van der Waals surface area contributed by atoms with Gasteiger partial charge in [0.25, 0.3) is 0 Å². The lowest BCUT2D eigenvalue weighted by molar-refractivity contribution is -0.145. The van der Waals surface area contributed by atoms with Crippen molar-refractivity contribution in [3.05, 3.63) is 0 Å². The highest BCUT2D eigenvalue weighted by molar-refractivity contribution is 5.71. The van der Waals surface area contributed by atoms with E-state index in [0.717, 1.165) is 12.5 Å². The van der Waals surface area contributed by atoms with E-state index in [2.05, 4.69) is 18.7 Å². The Labute approximate surface area is 99.1 Å². The van der Waals surface area contributed by atoms with Crippen LogP contribution in [0.3, 0.4) is 0 Å². The van der Waals surface area contributed by atoms with Crippen LogP contribution in [0.2, 0.25) is 0 Å². The van der Waals surface area contributed by atoms with Gasteiger partial charge in [0.2, 0.25) is 0 Å². The van der Waals surface area contributed by atoms with Gasteiger partial charge in [0.1, 0.15) is 0 Å². The highest BCUT2D eigenvalue weighted by Crippen LogP contribution is 2.26. The summed E-state index contributed by atoms with van der Waals surface area (Å²) in [5, 5.41) is 0. The van der Waals surface area contributed by atoms with Crippen LogP contribution in [0.25, 0.3) is 0 Å². The van der Waals surface area contributed by atoms with E-state index < -0.39 is 0 Å². The molecule has 0 amide bonds. The van der Waals surface area contributed by atoms with E-state index in [1.807, 2.05) is 6.92 Å². The average Bonchev–Trinajstić information content (AvgIpc) is 2.27. The molecular formula is C13H25NO2. The molecule has 0 unspecified atom stereocenters. The number of nitrogens with zero attached hydrogens (tertiary/aromatic N) is 1. The van der Waals surface area contributed by atoms with Crippen molar-refractivity contribution in [3.8, 4) is 0 Å². The van der Waals surface area contributed by atoms with Gasteiger partial charge in [-0.2, -0.15) is 0 Å². The van der Waals surface area contributed by atoms with Gasteiger partial charge in [0, 0.05) is 6.04 Å². The maximum absolute atomic E-state index is 11.5. The first-order valence-corrected chi connectivity index (χ1v) is 6.57. The molecule has 0 spiro atoms. The molecule has 0 aromatic heterocycles. The number of carbonyl (C=O) groups is 1. The van der Waals surface area contributed by atoms with Crippen molar-refractivity contribution >= 4 is 5.97 Å². The molecular weight excluding hydrogens is 202 g/mol. The summed E-state index contributed by atoms with van der Waals surface area (Å²) >= 11 is 0. The first-order chi connectivity index (χ1) is 7.67. The molecule has 0 saturated heterocycles. The second kappa shape index (κ2) is 6.89. The van der Waals surface area contributed by atoms with Gasteiger partial charge < -0.3 is 4.74 Å². The Balaban J connectivity index is 2.38. The standard InChI is InChI=1S/C13H25NO2/c1-4-14(10-13(15)16-5-2)12-8-6-11(3)7-9-12/h11-12H,4-10H2,1-3H3. The van der Waals surface area contributed by atoms with Crippen molar-refractivity contribution in [1.82, 2.24) is 4.90 Å². The number of rotatable bonds is 5. The van der Waals surface area contributed by atoms with Crippen molar-refractivity contribution in [2.24, 2.45) is 5.92 Å². The molecule has 0 aromatic carbocycles. The zero-order chi connectivity index (χ0) is 12.0. The molecule has 94 valence electrons. The number of hydrogen-bond acceptors (Lipinski definition) is 3. The van der Waals surface area contributed by atoms with Crippen LogP contribution >= 0.6 is 0 Å². The highest BCUT2D eigenvalue weighted by Gasteiger charge is 2.24. The fourth-order valence-electron chi connectivity index (χ4n) is 2.48. The quantitative estimate of drug-likeness (QED) is 0.676. The van der Waals surface area contributed by atoms with E-state index >= 15 is 0 Å². The van der Waals surface area contributed by atoms with Crippen molar-refractivity contribution in [1.29, 1.82) is 0 Å². The van der Waals surface area contributed by atoms with Crippen molar-refractivity contribution in [2.75, 3.05) is 19.7 Å². The Morgan fingerprint density at radius 2 is 1.88 bits per heavy atom. The molecule has 0 aliphatic heterocycles. The first-order valence-electron chi connectivity index (χ1n) is 6.57. The van der Waals surface area contributed by atoms with Gasteiger partial charge in [-0.1, -0.05) is 13.8 Å². The van der Waals surface area contributed by atoms with Crippen molar-refractivity contribution in [2.45, 2.75) is 52.5 Å². The summed E-state index contributed by atoms with van der Waals surface area (Å²) < 4.78 is 5.01. The van der Waals surface area contributed by atoms with Crippen LogP contribution in [-0.4, -0.2) is 36.6 Å². The second-order valence-corrected chi connectivity index (χ2v) is 4.78. The van der Waals surface area contributed by atoms with E-state index in [-0.39, 0.29) is 5.97 Å². The normalized spacial score (nSPS) is 25.8. The summed E-state index contributed by atoms with van der Waals surface area (Å²) in [5.41, 5.74) is 0. The molecule has 0 N–H and O–H groups in total. The monoisotopic (exact) mass is 227 g/mol. The third-order valence-electron chi connectivity index (χ3n) is 3.55. The van der Waals surface area contributed by atoms with Gasteiger partial charge in [-0.3, -0.25) is 9.69 Å². The lowest BCUT2D eigenvalue weighted by Crippen LogP contribution is -2.41. The van der Waals surface area contributed by atoms with Crippen LogP contribution in [0.1, 0.15) is 46.5 Å². The smallest absolute Gasteiger partial charge is 0.320 e. The summed E-state index contributed by atoms with van der Waals surface area (Å²) in [6.07, 6.45) is 5.05. The Bertz CT molecular complexity index is 210. The lowest BCUT2D eigenvalue weighted by Gasteiger charge is -2.34. The van der Waals surface area contributed by atoms with E-state index in [9.17, 15) is 4.79 Å². The largest absolute Gasteiger partial charge is 0.465 e. The Hall–Kier alpha value is -0.570. The molecule has 3 nitrogen and oxygen atoms in total. The van der Waals surface area contributed by atoms with Gasteiger partial charge in [0.15, 0.2) is 0 Å². The molecule has 0 aromatic rings. The first kappa shape index (κ1) is 13.5. The summed E-state index contributed by atoms with van der Waals surface area (Å²) in [4.78, 5) is 13.7. The van der Waals surface area contributed by atoms with Crippen molar-refractivity contribution < 1.29 is 9.53 Å². The molecule has 1 rings (SSSR count). The van der Waals surface area contributed by atoms with Crippen LogP contribution in [0.5, 0.6) is 0 Å². The molecule has 1 aliphatic rings. The van der Waals surface area contributed by atoms with E-state index in [1.165, 1.54) is 25.7 Å². The molecule has 3 heteroatoms. The predicted octanol–water partition coefficient (Wildman–Crippen LogP) is 2.45. The summed E-state index contributed by atoms with van der Waals surface area (Å²) in [6.45, 7) is 8.19. The average molecular weight is 227 g/mol. The van der Waals surface area contributed by atoms with Gasteiger partial charge in [-0.05, 0) is 45.1 Å². The van der Waals surface area contributed by atoms with Crippen LogP contribution in [0, 0.1) is 5.92 Å². The number of carbonyl (C=O) groups excluding carboxylic acids is 1. The molecule has 0 atom stereocenters. The molecule has 1 aliphatic carbocycles. The van der Waals surface area contributed by atoms with E-state index in [4.69, 9.17) is 4.74 Å². The van der Waals surface area contributed by atoms with Gasteiger partial charge >= 0.3 is 5.97 Å². The van der Waals surface area contributed by atoms with E-state index in [0.29, 0.717) is 19.2 Å². The molecule has 1 saturated carbocycles. The molecule has 0 bridgehead atoms. The third kappa shape index (κ3) is 4.12. The Morgan fingerprint density at radius 1 is 1.25 bits per heavy atom. The minimum Gasteiger partial charge on any atom is -0.465 e. The maximum Gasteiger partial charge on any atom is 0.320 e. The molecule has 0 radical (unpaired) electrons. The fourth-order valence-corrected chi connectivity index (χ4v) is 2.48. The number of ether oxygens (including phenoxy) is 1. The number of esters is 1. The SMILES string of the molecule is CCOC(=O)CN(CC)C1CCC(C)CC1. The highest BCUT2D eigenvalue weighted by atomic mass is 16.5. The summed E-state index contributed by atoms with van der Waals surface area (Å²) in [7, 11) is 0. The fraction of sp³-hybridized carbons (Fsp3) is 0.923. The van der Waals surface area contributed by atoms with Crippen LogP contribution in [-0.2, 0) is 9.53 Å². The summed E-state index contributed by atoms with van der Waals surface area (Å²) in [5.74, 6) is 0.778. The van der Waals surface area contributed by atoms with Gasteiger partial charge in [-0.15, -0.1) is 0 Å². The van der Waals surface area contributed by atoms with Crippen LogP contribution in [0.4, 0.5) is 0 Å². The topological polar surface area (TPSA) is 29.5 Å². The van der Waals surface area contributed by atoms with Gasteiger partial charge in [-0.25, -0.2) is 0 Å². The van der Waals surface area contributed by atoms with Crippen LogP contribution < -0.4 is 0 Å². The number of likely N-dealkylation sites (N-methyl/N-ethyl adjacent to an activating group) is 1. The molecule has 16 heavy (non-hydrogen) atoms. The zero-order valence-corrected chi connectivity index (χ0v) is 10.9. The molecule has 0 heterocycles. The zero-order valence-electron chi connectivity index (χ0n) is 10.9. The van der Waals surface area contributed by atoms with Crippen molar-refractivity contribution in [3.63, 3.8) is 0 Å². The maximum atomic E-state index is 11.5. The Kier molecular flexibility index (Phi) is 5.81. The summed E-state index contributed by atoms with van der Waals surface area (Å²) in [6, 6.07) is 0.589. The second-order valence-electron chi connectivity index (χ2n) is 4.78. The molecule has 1 fully saturated rings. The number of hydrogen-bond donors (Lipinski definition) is 0. The van der Waals surface area contributed by atoms with E-state index in [1.54, 1.807) is 0 Å². The predicted molar refractivity (Wildman–Crippen MR) is 65.3 cm³/mol. The van der Waals surface area contributed by atoms with Gasteiger partial charge in [0.05, 0.1) is 13.2 Å².